The number of urea groups is 1. The quantitative estimate of drug-likeness (QED) is 0.893. The molecular weight excluding hydrogens is 262 g/mol. The second-order valence-corrected chi connectivity index (χ2v) is 6.16. The number of carbonyl (C=O) groups is 1. The highest BCUT2D eigenvalue weighted by atomic mass is 16.2. The minimum atomic E-state index is 0.0762. The van der Waals surface area contributed by atoms with Gasteiger partial charge in [0.15, 0.2) is 0 Å². The molecule has 1 aliphatic heterocycles. The van der Waals surface area contributed by atoms with Crippen molar-refractivity contribution in [2.75, 3.05) is 6.54 Å². The number of aromatic nitrogens is 1. The van der Waals surface area contributed by atoms with Crippen LogP contribution in [0.5, 0.6) is 0 Å². The van der Waals surface area contributed by atoms with Crippen molar-refractivity contribution in [1.82, 2.24) is 15.2 Å². The molecule has 0 saturated carbocycles. The van der Waals surface area contributed by atoms with Gasteiger partial charge in [-0.15, -0.1) is 0 Å². The van der Waals surface area contributed by atoms with E-state index in [1.165, 1.54) is 16.5 Å². The SMILES string of the molecule is CC(C)NC(=O)N1CCCC1Cc1c[nH]c2ccccc12. The van der Waals surface area contributed by atoms with Crippen LogP contribution in [0.4, 0.5) is 4.79 Å². The Bertz CT molecular complexity index is 632. The third kappa shape index (κ3) is 2.89. The Morgan fingerprint density at radius 3 is 3.05 bits per heavy atom. The van der Waals surface area contributed by atoms with Crippen LogP contribution in [0, 0.1) is 0 Å². The molecule has 1 aromatic carbocycles. The summed E-state index contributed by atoms with van der Waals surface area (Å²) in [6, 6.07) is 8.92. The Hall–Kier alpha value is -1.97. The van der Waals surface area contributed by atoms with Gasteiger partial charge in [-0.05, 0) is 44.7 Å². The molecule has 2 amide bonds. The van der Waals surface area contributed by atoms with Crippen LogP contribution in [0.3, 0.4) is 0 Å². The summed E-state index contributed by atoms with van der Waals surface area (Å²) in [5, 5.41) is 4.28. The number of aromatic amines is 1. The molecule has 2 N–H and O–H groups in total. The van der Waals surface area contributed by atoms with Crippen LogP contribution in [0.25, 0.3) is 10.9 Å². The summed E-state index contributed by atoms with van der Waals surface area (Å²) in [7, 11) is 0. The number of hydrogen-bond acceptors (Lipinski definition) is 1. The van der Waals surface area contributed by atoms with Crippen LogP contribution < -0.4 is 5.32 Å². The standard InChI is InChI=1S/C17H23N3O/c1-12(2)19-17(21)20-9-5-6-14(20)10-13-11-18-16-8-4-3-7-15(13)16/h3-4,7-8,11-12,14,18H,5-6,9-10H2,1-2H3,(H,19,21). The van der Waals surface area contributed by atoms with Gasteiger partial charge in [0.25, 0.3) is 0 Å². The zero-order valence-corrected chi connectivity index (χ0v) is 12.7. The van der Waals surface area contributed by atoms with Crippen molar-refractivity contribution in [1.29, 1.82) is 0 Å². The lowest BCUT2D eigenvalue weighted by molar-refractivity contribution is 0.190. The number of amides is 2. The highest BCUT2D eigenvalue weighted by Crippen LogP contribution is 2.25. The molecule has 1 saturated heterocycles. The minimum absolute atomic E-state index is 0.0762. The van der Waals surface area contributed by atoms with Crippen molar-refractivity contribution in [2.24, 2.45) is 0 Å². The highest BCUT2D eigenvalue weighted by molar-refractivity contribution is 5.83. The van der Waals surface area contributed by atoms with E-state index in [2.05, 4.69) is 34.7 Å². The van der Waals surface area contributed by atoms with Crippen LogP contribution >= 0.6 is 0 Å². The fraction of sp³-hybridized carbons (Fsp3) is 0.471. The molecule has 21 heavy (non-hydrogen) atoms. The normalized spacial score (nSPS) is 18.6. The number of H-pyrrole nitrogens is 1. The van der Waals surface area contributed by atoms with Crippen molar-refractivity contribution in [3.63, 3.8) is 0 Å². The molecule has 112 valence electrons. The van der Waals surface area contributed by atoms with E-state index in [4.69, 9.17) is 0 Å². The maximum Gasteiger partial charge on any atom is 0.317 e. The van der Waals surface area contributed by atoms with Crippen molar-refractivity contribution < 1.29 is 4.79 Å². The van der Waals surface area contributed by atoms with Gasteiger partial charge in [-0.3, -0.25) is 0 Å². The van der Waals surface area contributed by atoms with Crippen LogP contribution in [0.15, 0.2) is 30.5 Å². The van der Waals surface area contributed by atoms with Gasteiger partial charge in [-0.25, -0.2) is 4.79 Å². The molecule has 1 atom stereocenters. The van der Waals surface area contributed by atoms with Gasteiger partial charge in [0.1, 0.15) is 0 Å². The van der Waals surface area contributed by atoms with Crippen molar-refractivity contribution in [3.8, 4) is 0 Å². The first-order valence-corrected chi connectivity index (χ1v) is 7.77. The van der Waals surface area contributed by atoms with Crippen molar-refractivity contribution in [3.05, 3.63) is 36.0 Å². The first-order valence-electron chi connectivity index (χ1n) is 7.77. The average molecular weight is 285 g/mol. The van der Waals surface area contributed by atoms with Gasteiger partial charge < -0.3 is 15.2 Å². The van der Waals surface area contributed by atoms with Crippen LogP contribution in [0.1, 0.15) is 32.3 Å². The Morgan fingerprint density at radius 1 is 1.43 bits per heavy atom. The average Bonchev–Trinajstić information content (AvgIpc) is 3.06. The van der Waals surface area contributed by atoms with Gasteiger partial charge in [-0.2, -0.15) is 0 Å². The van der Waals surface area contributed by atoms with E-state index in [1.807, 2.05) is 24.8 Å². The Kier molecular flexibility index (Phi) is 3.86. The van der Waals surface area contributed by atoms with Gasteiger partial charge in [0, 0.05) is 35.7 Å². The lowest BCUT2D eigenvalue weighted by Crippen LogP contribution is -2.45. The maximum absolute atomic E-state index is 12.3. The summed E-state index contributed by atoms with van der Waals surface area (Å²) in [6.07, 6.45) is 5.20. The summed E-state index contributed by atoms with van der Waals surface area (Å²) < 4.78 is 0. The number of hydrogen-bond donors (Lipinski definition) is 2. The van der Waals surface area contributed by atoms with Crippen molar-refractivity contribution >= 4 is 16.9 Å². The van der Waals surface area contributed by atoms with E-state index >= 15 is 0 Å². The van der Waals surface area contributed by atoms with E-state index in [-0.39, 0.29) is 12.1 Å². The summed E-state index contributed by atoms with van der Waals surface area (Å²) in [6.45, 7) is 4.87. The maximum atomic E-state index is 12.3. The molecule has 1 aromatic heterocycles. The molecule has 1 unspecified atom stereocenters. The molecular formula is C17H23N3O. The number of rotatable bonds is 3. The second kappa shape index (κ2) is 5.80. The summed E-state index contributed by atoms with van der Waals surface area (Å²) >= 11 is 0. The molecule has 2 heterocycles. The molecule has 2 aromatic rings. The number of carbonyl (C=O) groups excluding carboxylic acids is 1. The number of likely N-dealkylation sites (tertiary alicyclic amines) is 1. The lowest BCUT2D eigenvalue weighted by atomic mass is 10.0. The largest absolute Gasteiger partial charge is 0.361 e. The zero-order chi connectivity index (χ0) is 14.8. The van der Waals surface area contributed by atoms with Crippen molar-refractivity contribution in [2.45, 2.75) is 45.2 Å². The topological polar surface area (TPSA) is 48.1 Å². The lowest BCUT2D eigenvalue weighted by Gasteiger charge is -2.26. The third-order valence-corrected chi connectivity index (χ3v) is 4.18. The van der Waals surface area contributed by atoms with Gasteiger partial charge >= 0.3 is 6.03 Å². The minimum Gasteiger partial charge on any atom is -0.361 e. The number of para-hydroxylation sites is 1. The fourth-order valence-electron chi connectivity index (χ4n) is 3.20. The molecule has 3 rings (SSSR count). The predicted molar refractivity (Wildman–Crippen MR) is 85.4 cm³/mol. The van der Waals surface area contributed by atoms with Gasteiger partial charge in [0.2, 0.25) is 0 Å². The van der Waals surface area contributed by atoms with Gasteiger partial charge in [-0.1, -0.05) is 18.2 Å². The number of nitrogens with zero attached hydrogens (tertiary/aromatic N) is 1. The first-order chi connectivity index (χ1) is 10.1. The summed E-state index contributed by atoms with van der Waals surface area (Å²) in [4.78, 5) is 17.6. The molecule has 4 nitrogen and oxygen atoms in total. The van der Waals surface area contributed by atoms with E-state index < -0.39 is 0 Å². The fourth-order valence-corrected chi connectivity index (χ4v) is 3.20. The summed E-state index contributed by atoms with van der Waals surface area (Å²) in [5.74, 6) is 0. The van der Waals surface area contributed by atoms with Crippen LogP contribution in [-0.2, 0) is 6.42 Å². The number of benzene rings is 1. The Balaban J connectivity index is 1.75. The highest BCUT2D eigenvalue weighted by Gasteiger charge is 2.29. The first kappa shape index (κ1) is 14.0. The van der Waals surface area contributed by atoms with E-state index in [0.717, 1.165) is 25.8 Å². The Labute approximate surface area is 125 Å². The second-order valence-electron chi connectivity index (χ2n) is 6.16. The molecule has 1 fully saturated rings. The molecule has 0 spiro atoms. The number of nitrogens with one attached hydrogen (secondary N) is 2. The summed E-state index contributed by atoms with van der Waals surface area (Å²) in [5.41, 5.74) is 2.48. The third-order valence-electron chi connectivity index (χ3n) is 4.18. The van der Waals surface area contributed by atoms with Crippen LogP contribution in [-0.4, -0.2) is 34.5 Å². The molecule has 0 radical (unpaired) electrons. The van der Waals surface area contributed by atoms with E-state index in [9.17, 15) is 4.79 Å². The number of fused-ring (bicyclic) bond motifs is 1. The van der Waals surface area contributed by atoms with E-state index in [0.29, 0.717) is 6.04 Å². The monoisotopic (exact) mass is 285 g/mol. The zero-order valence-electron chi connectivity index (χ0n) is 12.7. The predicted octanol–water partition coefficient (Wildman–Crippen LogP) is 3.29. The van der Waals surface area contributed by atoms with Gasteiger partial charge in [0.05, 0.1) is 0 Å². The van der Waals surface area contributed by atoms with E-state index in [1.54, 1.807) is 0 Å². The molecule has 1 aliphatic rings. The smallest absolute Gasteiger partial charge is 0.317 e. The molecule has 4 heteroatoms. The molecule has 0 bridgehead atoms. The van der Waals surface area contributed by atoms with Crippen LogP contribution in [0.2, 0.25) is 0 Å². The Morgan fingerprint density at radius 2 is 2.24 bits per heavy atom. The molecule has 0 aliphatic carbocycles.